The molecule has 1 aromatic heterocycles. The monoisotopic (exact) mass is 237 g/mol. The summed E-state index contributed by atoms with van der Waals surface area (Å²) in [7, 11) is 3.36. The van der Waals surface area contributed by atoms with E-state index in [4.69, 9.17) is 9.47 Å². The maximum atomic E-state index is 5.43. The van der Waals surface area contributed by atoms with Crippen LogP contribution in [0.2, 0.25) is 0 Å². The molecule has 5 heteroatoms. The molecule has 0 bridgehead atoms. The molecule has 0 amide bonds. The molecule has 0 radical (unpaired) electrons. The Morgan fingerprint density at radius 2 is 2.12 bits per heavy atom. The highest BCUT2D eigenvalue weighted by Gasteiger charge is 2.27. The number of rotatable bonds is 4. The van der Waals surface area contributed by atoms with Crippen molar-refractivity contribution in [1.29, 1.82) is 0 Å². The van der Waals surface area contributed by atoms with Crippen LogP contribution in [0.4, 0.5) is 5.95 Å². The zero-order valence-electron chi connectivity index (χ0n) is 10.6. The molecule has 1 aliphatic rings. The average Bonchev–Trinajstić information content (AvgIpc) is 2.75. The van der Waals surface area contributed by atoms with Gasteiger partial charge in [0.15, 0.2) is 0 Å². The van der Waals surface area contributed by atoms with Gasteiger partial charge in [-0.2, -0.15) is 4.98 Å². The van der Waals surface area contributed by atoms with Crippen molar-refractivity contribution in [3.05, 3.63) is 11.8 Å². The lowest BCUT2D eigenvalue weighted by Crippen LogP contribution is -2.30. The summed E-state index contributed by atoms with van der Waals surface area (Å²) in [5, 5.41) is 3.33. The van der Waals surface area contributed by atoms with Crippen molar-refractivity contribution < 1.29 is 9.47 Å². The van der Waals surface area contributed by atoms with Crippen LogP contribution in [0, 0.1) is 6.92 Å². The van der Waals surface area contributed by atoms with Crippen molar-refractivity contribution >= 4 is 5.95 Å². The first-order valence-electron chi connectivity index (χ1n) is 5.92. The van der Waals surface area contributed by atoms with Crippen molar-refractivity contribution in [1.82, 2.24) is 9.97 Å². The quantitative estimate of drug-likeness (QED) is 0.865. The summed E-state index contributed by atoms with van der Waals surface area (Å²) in [6, 6.07) is 2.11. The van der Waals surface area contributed by atoms with Gasteiger partial charge in [0, 0.05) is 18.9 Å². The lowest BCUT2D eigenvalue weighted by Gasteiger charge is -2.19. The van der Waals surface area contributed by atoms with Gasteiger partial charge in [0.05, 0.1) is 19.3 Å². The predicted octanol–water partition coefficient (Wildman–Crippen LogP) is 1.77. The zero-order valence-corrected chi connectivity index (χ0v) is 10.6. The van der Waals surface area contributed by atoms with E-state index in [2.05, 4.69) is 15.3 Å². The molecule has 0 aliphatic heterocycles. The summed E-state index contributed by atoms with van der Waals surface area (Å²) in [5.74, 6) is 1.21. The Balaban J connectivity index is 2.09. The van der Waals surface area contributed by atoms with E-state index in [9.17, 15) is 0 Å². The first kappa shape index (κ1) is 12.1. The Bertz CT molecular complexity index is 384. The molecule has 1 fully saturated rings. The van der Waals surface area contributed by atoms with E-state index in [1.165, 1.54) is 6.42 Å². The molecular formula is C12H19N3O2. The number of aromatic nitrogens is 2. The van der Waals surface area contributed by atoms with Gasteiger partial charge in [-0.25, -0.2) is 4.98 Å². The summed E-state index contributed by atoms with van der Waals surface area (Å²) in [5.41, 5.74) is 0.895. The van der Waals surface area contributed by atoms with E-state index in [1.807, 2.05) is 13.0 Å². The van der Waals surface area contributed by atoms with Crippen molar-refractivity contribution in [2.75, 3.05) is 19.5 Å². The second kappa shape index (κ2) is 5.31. The summed E-state index contributed by atoms with van der Waals surface area (Å²) >= 11 is 0. The Labute approximate surface area is 102 Å². The molecular weight excluding hydrogens is 218 g/mol. The fourth-order valence-electron chi connectivity index (χ4n) is 2.25. The summed E-state index contributed by atoms with van der Waals surface area (Å²) in [6.45, 7) is 1.93. The van der Waals surface area contributed by atoms with Gasteiger partial charge in [-0.3, -0.25) is 0 Å². The Morgan fingerprint density at radius 1 is 1.29 bits per heavy atom. The number of hydrogen-bond acceptors (Lipinski definition) is 5. The molecule has 0 saturated heterocycles. The topological polar surface area (TPSA) is 56.3 Å². The highest BCUT2D eigenvalue weighted by Crippen LogP contribution is 2.24. The lowest BCUT2D eigenvalue weighted by molar-refractivity contribution is 0.101. The van der Waals surface area contributed by atoms with Crippen molar-refractivity contribution in [3.8, 4) is 5.88 Å². The van der Waals surface area contributed by atoms with Gasteiger partial charge in [0.2, 0.25) is 11.8 Å². The van der Waals surface area contributed by atoms with Gasteiger partial charge >= 0.3 is 0 Å². The van der Waals surface area contributed by atoms with Crippen LogP contribution >= 0.6 is 0 Å². The third kappa shape index (κ3) is 2.85. The SMILES string of the molecule is COc1cc(C)nc(NC2CCCC2OC)n1. The minimum absolute atomic E-state index is 0.255. The number of hydrogen-bond donors (Lipinski definition) is 1. The highest BCUT2D eigenvalue weighted by molar-refractivity contribution is 5.32. The summed E-state index contributed by atoms with van der Waals surface area (Å²) in [4.78, 5) is 8.64. The minimum atomic E-state index is 0.255. The van der Waals surface area contributed by atoms with Crippen LogP contribution < -0.4 is 10.1 Å². The lowest BCUT2D eigenvalue weighted by atomic mass is 10.2. The van der Waals surface area contributed by atoms with E-state index in [0.29, 0.717) is 17.9 Å². The van der Waals surface area contributed by atoms with Crippen LogP contribution in [0.5, 0.6) is 5.88 Å². The van der Waals surface area contributed by atoms with Crippen LogP contribution in [-0.2, 0) is 4.74 Å². The normalized spacial score (nSPS) is 23.7. The molecule has 2 rings (SSSR count). The third-order valence-corrected chi connectivity index (χ3v) is 3.11. The largest absolute Gasteiger partial charge is 0.481 e. The predicted molar refractivity (Wildman–Crippen MR) is 65.4 cm³/mol. The van der Waals surface area contributed by atoms with Gasteiger partial charge < -0.3 is 14.8 Å². The average molecular weight is 237 g/mol. The van der Waals surface area contributed by atoms with Crippen molar-refractivity contribution in [2.45, 2.75) is 38.3 Å². The van der Waals surface area contributed by atoms with E-state index in [1.54, 1.807) is 14.2 Å². The molecule has 2 atom stereocenters. The fourth-order valence-corrected chi connectivity index (χ4v) is 2.25. The first-order chi connectivity index (χ1) is 8.22. The molecule has 2 unspecified atom stereocenters. The maximum absolute atomic E-state index is 5.43. The second-order valence-electron chi connectivity index (χ2n) is 4.33. The minimum Gasteiger partial charge on any atom is -0.481 e. The first-order valence-corrected chi connectivity index (χ1v) is 5.92. The maximum Gasteiger partial charge on any atom is 0.226 e. The molecule has 1 heterocycles. The van der Waals surface area contributed by atoms with Gasteiger partial charge in [-0.1, -0.05) is 0 Å². The second-order valence-corrected chi connectivity index (χ2v) is 4.33. The summed E-state index contributed by atoms with van der Waals surface area (Å²) in [6.07, 6.45) is 3.62. The van der Waals surface area contributed by atoms with Gasteiger partial charge in [-0.15, -0.1) is 0 Å². The van der Waals surface area contributed by atoms with E-state index < -0.39 is 0 Å². The number of methoxy groups -OCH3 is 2. The van der Waals surface area contributed by atoms with Crippen LogP contribution in [0.3, 0.4) is 0 Å². The van der Waals surface area contributed by atoms with Crippen molar-refractivity contribution in [3.63, 3.8) is 0 Å². The third-order valence-electron chi connectivity index (χ3n) is 3.11. The summed E-state index contributed by atoms with van der Waals surface area (Å²) < 4.78 is 10.6. The Kier molecular flexibility index (Phi) is 3.78. The number of anilines is 1. The molecule has 94 valence electrons. The number of ether oxygens (including phenoxy) is 2. The molecule has 1 saturated carbocycles. The number of nitrogens with one attached hydrogen (secondary N) is 1. The van der Waals surface area contributed by atoms with E-state index in [-0.39, 0.29) is 6.10 Å². The number of nitrogens with zero attached hydrogens (tertiary/aromatic N) is 2. The van der Waals surface area contributed by atoms with Crippen LogP contribution in [0.15, 0.2) is 6.07 Å². The van der Waals surface area contributed by atoms with E-state index in [0.717, 1.165) is 18.5 Å². The van der Waals surface area contributed by atoms with Crippen molar-refractivity contribution in [2.24, 2.45) is 0 Å². The molecule has 17 heavy (non-hydrogen) atoms. The Morgan fingerprint density at radius 3 is 2.82 bits per heavy atom. The Hall–Kier alpha value is -1.36. The smallest absolute Gasteiger partial charge is 0.226 e. The van der Waals surface area contributed by atoms with Gasteiger partial charge in [0.1, 0.15) is 0 Å². The van der Waals surface area contributed by atoms with Crippen LogP contribution in [0.25, 0.3) is 0 Å². The van der Waals surface area contributed by atoms with Crippen LogP contribution in [0.1, 0.15) is 25.0 Å². The molecule has 0 aromatic carbocycles. The molecule has 5 nitrogen and oxygen atoms in total. The molecule has 1 N–H and O–H groups in total. The number of aryl methyl sites for hydroxylation is 1. The molecule has 0 spiro atoms. The highest BCUT2D eigenvalue weighted by atomic mass is 16.5. The standard InChI is InChI=1S/C12H19N3O2/c1-8-7-11(17-3)15-12(13-8)14-9-5-4-6-10(9)16-2/h7,9-10H,4-6H2,1-3H3,(H,13,14,15). The van der Waals surface area contributed by atoms with E-state index >= 15 is 0 Å². The van der Waals surface area contributed by atoms with Crippen LogP contribution in [-0.4, -0.2) is 36.3 Å². The molecule has 1 aromatic rings. The zero-order chi connectivity index (χ0) is 12.3. The van der Waals surface area contributed by atoms with Gasteiger partial charge in [-0.05, 0) is 26.2 Å². The van der Waals surface area contributed by atoms with Gasteiger partial charge in [0.25, 0.3) is 0 Å². The fraction of sp³-hybridized carbons (Fsp3) is 0.667. The molecule has 1 aliphatic carbocycles.